The summed E-state index contributed by atoms with van der Waals surface area (Å²) in [5.74, 6) is 0.230. The number of rotatable bonds is 2. The van der Waals surface area contributed by atoms with Crippen molar-refractivity contribution in [2.75, 3.05) is 0 Å². The van der Waals surface area contributed by atoms with E-state index in [1.54, 1.807) is 6.20 Å². The van der Waals surface area contributed by atoms with Gasteiger partial charge in [-0.2, -0.15) is 0 Å². The van der Waals surface area contributed by atoms with Crippen molar-refractivity contribution in [2.24, 2.45) is 0 Å². The monoisotopic (exact) mass is 263 g/mol. The number of benzene rings is 1. The fourth-order valence-corrected chi connectivity index (χ4v) is 2.07. The molecule has 2 nitrogen and oxygen atoms in total. The van der Waals surface area contributed by atoms with Gasteiger partial charge in [-0.1, -0.05) is 46.3 Å². The van der Waals surface area contributed by atoms with Crippen LogP contribution < -0.4 is 0 Å². The van der Waals surface area contributed by atoms with Gasteiger partial charge in [0.1, 0.15) is 5.75 Å². The lowest BCUT2D eigenvalue weighted by Crippen LogP contribution is -1.88. The van der Waals surface area contributed by atoms with Gasteiger partial charge in [0.15, 0.2) is 0 Å². The summed E-state index contributed by atoms with van der Waals surface area (Å²) in [7, 11) is 0. The zero-order valence-electron chi connectivity index (χ0n) is 8.02. The van der Waals surface area contributed by atoms with Gasteiger partial charge >= 0.3 is 0 Å². The molecule has 0 aliphatic carbocycles. The van der Waals surface area contributed by atoms with Crippen LogP contribution in [0.5, 0.6) is 5.75 Å². The highest BCUT2D eigenvalue weighted by Gasteiger charge is 2.08. The van der Waals surface area contributed by atoms with Crippen LogP contribution in [0.15, 0.2) is 42.7 Å². The number of nitrogens with zero attached hydrogens (tertiary/aromatic N) is 1. The lowest BCUT2D eigenvalue weighted by atomic mass is 10.0. The first-order valence-electron chi connectivity index (χ1n) is 4.60. The lowest BCUT2D eigenvalue weighted by Gasteiger charge is -2.08. The van der Waals surface area contributed by atoms with E-state index in [0.29, 0.717) is 5.33 Å². The van der Waals surface area contributed by atoms with Crippen molar-refractivity contribution in [3.63, 3.8) is 0 Å². The summed E-state index contributed by atoms with van der Waals surface area (Å²) in [6, 6.07) is 9.91. The first-order valence-corrected chi connectivity index (χ1v) is 5.72. The Morgan fingerprint density at radius 3 is 2.53 bits per heavy atom. The first-order chi connectivity index (χ1) is 7.33. The number of aromatic nitrogens is 1. The van der Waals surface area contributed by atoms with Crippen LogP contribution in [0, 0.1) is 0 Å². The van der Waals surface area contributed by atoms with E-state index in [2.05, 4.69) is 20.9 Å². The van der Waals surface area contributed by atoms with E-state index < -0.39 is 0 Å². The Morgan fingerprint density at radius 1 is 1.13 bits per heavy atom. The van der Waals surface area contributed by atoms with Crippen molar-refractivity contribution in [1.82, 2.24) is 4.98 Å². The number of alkyl halides is 1. The molecule has 0 bridgehead atoms. The summed E-state index contributed by atoms with van der Waals surface area (Å²) in [5, 5.41) is 10.3. The van der Waals surface area contributed by atoms with Gasteiger partial charge in [-0.25, -0.2) is 0 Å². The summed E-state index contributed by atoms with van der Waals surface area (Å²) in [6.07, 6.45) is 3.23. The lowest BCUT2D eigenvalue weighted by molar-refractivity contribution is 0.468. The second-order valence-electron chi connectivity index (χ2n) is 3.18. The SMILES string of the molecule is Oc1cncc(-c2ccccc2)c1CBr. The van der Waals surface area contributed by atoms with Gasteiger partial charge in [0.05, 0.1) is 6.20 Å². The van der Waals surface area contributed by atoms with Crippen LogP contribution in [-0.4, -0.2) is 10.1 Å². The third-order valence-electron chi connectivity index (χ3n) is 2.25. The molecule has 0 unspecified atom stereocenters. The van der Waals surface area contributed by atoms with E-state index in [-0.39, 0.29) is 5.75 Å². The van der Waals surface area contributed by atoms with Gasteiger partial charge in [0, 0.05) is 22.7 Å². The maximum atomic E-state index is 9.66. The number of hydrogen-bond donors (Lipinski definition) is 1. The highest BCUT2D eigenvalue weighted by Crippen LogP contribution is 2.30. The molecule has 1 N–H and O–H groups in total. The minimum atomic E-state index is 0.230. The van der Waals surface area contributed by atoms with Crippen LogP contribution in [0.1, 0.15) is 5.56 Å². The van der Waals surface area contributed by atoms with E-state index >= 15 is 0 Å². The summed E-state index contributed by atoms with van der Waals surface area (Å²) >= 11 is 3.37. The van der Waals surface area contributed by atoms with Gasteiger partial charge in [0.25, 0.3) is 0 Å². The van der Waals surface area contributed by atoms with Gasteiger partial charge in [-0.05, 0) is 5.56 Å². The summed E-state index contributed by atoms with van der Waals surface area (Å²) in [4.78, 5) is 4.00. The molecule has 2 rings (SSSR count). The van der Waals surface area contributed by atoms with Crippen molar-refractivity contribution < 1.29 is 5.11 Å². The topological polar surface area (TPSA) is 33.1 Å². The Hall–Kier alpha value is -1.35. The Bertz CT molecular complexity index is 456. The standard InChI is InChI=1S/C12H10BrNO/c13-6-10-11(7-14-8-12(10)15)9-4-2-1-3-5-9/h1-5,7-8,15H,6H2. The van der Waals surface area contributed by atoms with Crippen LogP contribution in [0.4, 0.5) is 0 Å². The molecular weight excluding hydrogens is 254 g/mol. The van der Waals surface area contributed by atoms with E-state index in [4.69, 9.17) is 0 Å². The Morgan fingerprint density at radius 2 is 1.87 bits per heavy atom. The molecule has 15 heavy (non-hydrogen) atoms. The third kappa shape index (κ3) is 2.02. The van der Waals surface area contributed by atoms with Crippen LogP contribution in [-0.2, 0) is 5.33 Å². The molecule has 1 aromatic heterocycles. The predicted octanol–water partition coefficient (Wildman–Crippen LogP) is 3.35. The van der Waals surface area contributed by atoms with Crippen LogP contribution in [0.25, 0.3) is 11.1 Å². The normalized spacial score (nSPS) is 10.2. The largest absolute Gasteiger partial charge is 0.506 e. The summed E-state index contributed by atoms with van der Waals surface area (Å²) in [5.41, 5.74) is 2.90. The minimum absolute atomic E-state index is 0.230. The second kappa shape index (κ2) is 4.45. The number of pyridine rings is 1. The molecule has 0 fully saturated rings. The van der Waals surface area contributed by atoms with Gasteiger partial charge in [0.2, 0.25) is 0 Å². The van der Waals surface area contributed by atoms with Gasteiger partial charge in [-0.15, -0.1) is 0 Å². The van der Waals surface area contributed by atoms with Crippen LogP contribution >= 0.6 is 15.9 Å². The average Bonchev–Trinajstić information content (AvgIpc) is 2.30. The van der Waals surface area contributed by atoms with Crippen molar-refractivity contribution >= 4 is 15.9 Å². The molecule has 1 heterocycles. The van der Waals surface area contributed by atoms with Crippen molar-refractivity contribution in [3.8, 4) is 16.9 Å². The Labute approximate surface area is 96.7 Å². The molecule has 0 saturated carbocycles. The van der Waals surface area contributed by atoms with Crippen LogP contribution in [0.2, 0.25) is 0 Å². The van der Waals surface area contributed by atoms with Crippen LogP contribution in [0.3, 0.4) is 0 Å². The number of aromatic hydroxyl groups is 1. The van der Waals surface area contributed by atoms with E-state index in [0.717, 1.165) is 16.7 Å². The molecule has 0 aliphatic rings. The maximum absolute atomic E-state index is 9.66. The Balaban J connectivity index is 2.58. The zero-order chi connectivity index (χ0) is 10.7. The molecule has 0 atom stereocenters. The molecule has 0 amide bonds. The summed E-state index contributed by atoms with van der Waals surface area (Å²) in [6.45, 7) is 0. The quantitative estimate of drug-likeness (QED) is 0.844. The third-order valence-corrected chi connectivity index (χ3v) is 2.81. The van der Waals surface area contributed by atoms with Gasteiger partial charge < -0.3 is 5.11 Å². The number of halogens is 1. The fraction of sp³-hybridized carbons (Fsp3) is 0.0833. The maximum Gasteiger partial charge on any atom is 0.138 e. The summed E-state index contributed by atoms with van der Waals surface area (Å²) < 4.78 is 0. The van der Waals surface area contributed by atoms with Crippen molar-refractivity contribution in [2.45, 2.75) is 5.33 Å². The predicted molar refractivity (Wildman–Crippen MR) is 64.0 cm³/mol. The molecule has 0 saturated heterocycles. The van der Waals surface area contributed by atoms with Gasteiger partial charge in [-0.3, -0.25) is 4.98 Å². The Kier molecular flexibility index (Phi) is 3.02. The molecule has 0 spiro atoms. The smallest absolute Gasteiger partial charge is 0.138 e. The molecule has 3 heteroatoms. The van der Waals surface area contributed by atoms with E-state index in [1.165, 1.54) is 6.20 Å². The molecular formula is C12H10BrNO. The van der Waals surface area contributed by atoms with E-state index in [1.807, 2.05) is 30.3 Å². The first kappa shape index (κ1) is 10.2. The zero-order valence-corrected chi connectivity index (χ0v) is 9.61. The minimum Gasteiger partial charge on any atom is -0.506 e. The average molecular weight is 264 g/mol. The molecule has 76 valence electrons. The van der Waals surface area contributed by atoms with Crippen molar-refractivity contribution in [3.05, 3.63) is 48.3 Å². The van der Waals surface area contributed by atoms with E-state index in [9.17, 15) is 5.11 Å². The molecule has 0 radical (unpaired) electrons. The highest BCUT2D eigenvalue weighted by molar-refractivity contribution is 9.08. The second-order valence-corrected chi connectivity index (χ2v) is 3.75. The fourth-order valence-electron chi connectivity index (χ4n) is 1.48. The molecule has 2 aromatic rings. The molecule has 1 aromatic carbocycles. The number of hydrogen-bond acceptors (Lipinski definition) is 2. The molecule has 0 aliphatic heterocycles. The highest BCUT2D eigenvalue weighted by atomic mass is 79.9. The van der Waals surface area contributed by atoms with Crippen molar-refractivity contribution in [1.29, 1.82) is 0 Å².